The fourth-order valence-electron chi connectivity index (χ4n) is 3.34. The molecule has 1 fully saturated rings. The third-order valence-electron chi connectivity index (χ3n) is 4.84. The van der Waals surface area contributed by atoms with E-state index in [1.807, 2.05) is 41.2 Å². The average Bonchev–Trinajstić information content (AvgIpc) is 3.13. The van der Waals surface area contributed by atoms with Crippen molar-refractivity contribution in [3.8, 4) is 0 Å². The zero-order chi connectivity index (χ0) is 17.6. The molecule has 0 atom stereocenters. The van der Waals surface area contributed by atoms with Crippen molar-refractivity contribution in [2.45, 2.75) is 32.2 Å². The first-order valence-corrected chi connectivity index (χ1v) is 8.69. The summed E-state index contributed by atoms with van der Waals surface area (Å²) in [5.74, 6) is -0.628. The topological polar surface area (TPSA) is 84.2 Å². The molecule has 1 amide bonds. The van der Waals surface area contributed by atoms with E-state index in [2.05, 4.69) is 10.4 Å². The highest BCUT2D eigenvalue weighted by molar-refractivity contribution is 5.94. The van der Waals surface area contributed by atoms with Crippen molar-refractivity contribution < 1.29 is 14.7 Å². The van der Waals surface area contributed by atoms with Crippen LogP contribution >= 0.6 is 0 Å². The van der Waals surface area contributed by atoms with Crippen LogP contribution < -0.4 is 5.32 Å². The molecular weight excluding hydrogens is 318 g/mol. The zero-order valence-corrected chi connectivity index (χ0v) is 14.1. The Hall–Kier alpha value is -2.63. The van der Waals surface area contributed by atoms with E-state index < -0.39 is 5.97 Å². The predicted molar refractivity (Wildman–Crippen MR) is 93.2 cm³/mol. The molecule has 1 aromatic heterocycles. The van der Waals surface area contributed by atoms with Gasteiger partial charge in [0.05, 0.1) is 12.5 Å². The van der Waals surface area contributed by atoms with Gasteiger partial charge in [-0.25, -0.2) is 0 Å². The standard InChI is InChI=1S/C19H23N3O3/c23-18(20-12-14-5-7-16(8-6-14)19(24)25)17-4-1-3-15(11-17)13-22-10-2-9-21-22/h1-4,9-11,14,16H,5-8,12-13H2,(H,20,23)(H,24,25). The molecule has 2 N–H and O–H groups in total. The van der Waals surface area contributed by atoms with Gasteiger partial charge in [-0.05, 0) is 55.4 Å². The van der Waals surface area contributed by atoms with Gasteiger partial charge in [-0.3, -0.25) is 14.3 Å². The summed E-state index contributed by atoms with van der Waals surface area (Å²) in [4.78, 5) is 23.4. The molecule has 0 spiro atoms. The van der Waals surface area contributed by atoms with Crippen molar-refractivity contribution in [1.82, 2.24) is 15.1 Å². The van der Waals surface area contributed by atoms with Crippen LogP contribution in [0.3, 0.4) is 0 Å². The van der Waals surface area contributed by atoms with Gasteiger partial charge >= 0.3 is 5.97 Å². The fraction of sp³-hybridized carbons (Fsp3) is 0.421. The normalized spacial score (nSPS) is 20.2. The molecule has 0 radical (unpaired) electrons. The molecule has 0 unspecified atom stereocenters. The summed E-state index contributed by atoms with van der Waals surface area (Å²) < 4.78 is 1.82. The van der Waals surface area contributed by atoms with E-state index in [0.29, 0.717) is 37.4 Å². The molecule has 2 aromatic rings. The van der Waals surface area contributed by atoms with E-state index in [9.17, 15) is 9.59 Å². The summed E-state index contributed by atoms with van der Waals surface area (Å²) in [6.45, 7) is 1.24. The van der Waals surface area contributed by atoms with E-state index in [1.54, 1.807) is 6.20 Å². The molecule has 6 heteroatoms. The molecule has 1 saturated carbocycles. The maximum Gasteiger partial charge on any atom is 0.306 e. The number of rotatable bonds is 6. The predicted octanol–water partition coefficient (Wildman–Crippen LogP) is 2.55. The second kappa shape index (κ2) is 7.96. The molecule has 132 valence electrons. The van der Waals surface area contributed by atoms with Gasteiger partial charge in [-0.15, -0.1) is 0 Å². The Kier molecular flexibility index (Phi) is 5.48. The lowest BCUT2D eigenvalue weighted by Gasteiger charge is -2.26. The minimum Gasteiger partial charge on any atom is -0.481 e. The number of carboxylic acid groups (broad SMARTS) is 1. The molecule has 25 heavy (non-hydrogen) atoms. The Labute approximate surface area is 146 Å². The number of aromatic nitrogens is 2. The van der Waals surface area contributed by atoms with Crippen LogP contribution in [0.15, 0.2) is 42.7 Å². The summed E-state index contributed by atoms with van der Waals surface area (Å²) in [7, 11) is 0. The summed E-state index contributed by atoms with van der Waals surface area (Å²) in [6.07, 6.45) is 6.74. The van der Waals surface area contributed by atoms with E-state index in [1.165, 1.54) is 0 Å². The van der Waals surface area contributed by atoms with Gasteiger partial charge in [-0.1, -0.05) is 12.1 Å². The first-order chi connectivity index (χ1) is 12.1. The molecule has 0 aliphatic heterocycles. The Morgan fingerprint density at radius 3 is 2.68 bits per heavy atom. The third-order valence-corrected chi connectivity index (χ3v) is 4.84. The van der Waals surface area contributed by atoms with Crippen molar-refractivity contribution in [2.24, 2.45) is 11.8 Å². The van der Waals surface area contributed by atoms with Crippen LogP contribution in [0, 0.1) is 11.8 Å². The van der Waals surface area contributed by atoms with E-state index in [0.717, 1.165) is 18.4 Å². The van der Waals surface area contributed by atoms with Crippen LogP contribution in [0.1, 0.15) is 41.6 Å². The Morgan fingerprint density at radius 2 is 2.00 bits per heavy atom. The van der Waals surface area contributed by atoms with E-state index in [-0.39, 0.29) is 11.8 Å². The van der Waals surface area contributed by atoms with Crippen molar-refractivity contribution in [3.05, 3.63) is 53.9 Å². The van der Waals surface area contributed by atoms with Crippen LogP contribution in [0.4, 0.5) is 0 Å². The molecule has 1 aliphatic carbocycles. The number of nitrogens with zero attached hydrogens (tertiary/aromatic N) is 2. The van der Waals surface area contributed by atoms with Crippen molar-refractivity contribution in [3.63, 3.8) is 0 Å². The van der Waals surface area contributed by atoms with Crippen LogP contribution in [0.25, 0.3) is 0 Å². The molecule has 0 saturated heterocycles. The first-order valence-electron chi connectivity index (χ1n) is 8.69. The van der Waals surface area contributed by atoms with Crippen molar-refractivity contribution >= 4 is 11.9 Å². The molecule has 0 bridgehead atoms. The van der Waals surface area contributed by atoms with Gasteiger partial charge < -0.3 is 10.4 Å². The molecule has 1 aromatic carbocycles. The average molecular weight is 341 g/mol. The summed E-state index contributed by atoms with van der Waals surface area (Å²) in [5, 5.41) is 16.2. The largest absolute Gasteiger partial charge is 0.481 e. The van der Waals surface area contributed by atoms with Crippen molar-refractivity contribution in [2.75, 3.05) is 6.54 Å². The Morgan fingerprint density at radius 1 is 1.20 bits per heavy atom. The van der Waals surface area contributed by atoms with E-state index >= 15 is 0 Å². The number of carbonyl (C=O) groups is 2. The molecular formula is C19H23N3O3. The van der Waals surface area contributed by atoms with Gasteiger partial charge in [0, 0.05) is 24.5 Å². The Balaban J connectivity index is 1.51. The lowest BCUT2D eigenvalue weighted by atomic mass is 9.82. The number of hydrogen-bond acceptors (Lipinski definition) is 3. The van der Waals surface area contributed by atoms with Crippen LogP contribution in [0.2, 0.25) is 0 Å². The number of benzene rings is 1. The van der Waals surface area contributed by atoms with Gasteiger partial charge in [0.1, 0.15) is 0 Å². The quantitative estimate of drug-likeness (QED) is 0.846. The van der Waals surface area contributed by atoms with Crippen LogP contribution in [0.5, 0.6) is 0 Å². The maximum atomic E-state index is 12.4. The summed E-state index contributed by atoms with van der Waals surface area (Å²) >= 11 is 0. The lowest BCUT2D eigenvalue weighted by molar-refractivity contribution is -0.143. The zero-order valence-electron chi connectivity index (χ0n) is 14.1. The highest BCUT2D eigenvalue weighted by atomic mass is 16.4. The highest BCUT2D eigenvalue weighted by Gasteiger charge is 2.26. The number of carboxylic acids is 1. The number of aliphatic carboxylic acids is 1. The number of nitrogens with one attached hydrogen (secondary N) is 1. The minimum absolute atomic E-state index is 0.0809. The van der Waals surface area contributed by atoms with Crippen LogP contribution in [-0.4, -0.2) is 33.3 Å². The van der Waals surface area contributed by atoms with Gasteiger partial charge in [-0.2, -0.15) is 5.10 Å². The minimum atomic E-state index is -0.698. The maximum absolute atomic E-state index is 12.4. The molecule has 1 aliphatic rings. The lowest BCUT2D eigenvalue weighted by Crippen LogP contribution is -2.32. The molecule has 3 rings (SSSR count). The van der Waals surface area contributed by atoms with Gasteiger partial charge in [0.25, 0.3) is 5.91 Å². The Bertz CT molecular complexity index is 719. The number of hydrogen-bond donors (Lipinski definition) is 2. The first kappa shape index (κ1) is 17.2. The molecule has 6 nitrogen and oxygen atoms in total. The monoisotopic (exact) mass is 341 g/mol. The smallest absolute Gasteiger partial charge is 0.306 e. The van der Waals surface area contributed by atoms with Crippen LogP contribution in [-0.2, 0) is 11.3 Å². The number of carbonyl (C=O) groups excluding carboxylic acids is 1. The summed E-state index contributed by atoms with van der Waals surface area (Å²) in [5.41, 5.74) is 1.67. The second-order valence-electron chi connectivity index (χ2n) is 6.67. The third kappa shape index (κ3) is 4.68. The van der Waals surface area contributed by atoms with Crippen molar-refractivity contribution in [1.29, 1.82) is 0 Å². The summed E-state index contributed by atoms with van der Waals surface area (Å²) in [6, 6.07) is 9.43. The van der Waals surface area contributed by atoms with Gasteiger partial charge in [0.15, 0.2) is 0 Å². The number of amides is 1. The van der Waals surface area contributed by atoms with E-state index in [4.69, 9.17) is 5.11 Å². The molecule has 1 heterocycles. The highest BCUT2D eigenvalue weighted by Crippen LogP contribution is 2.28. The SMILES string of the molecule is O=C(NCC1CCC(C(=O)O)CC1)c1cccc(Cn2cccn2)c1. The van der Waals surface area contributed by atoms with Gasteiger partial charge in [0.2, 0.25) is 0 Å². The second-order valence-corrected chi connectivity index (χ2v) is 6.67. The fourth-order valence-corrected chi connectivity index (χ4v) is 3.34.